The van der Waals surface area contributed by atoms with E-state index < -0.39 is 23.5 Å². The zero-order chi connectivity index (χ0) is 18.5. The molecule has 0 aromatic carbocycles. The molecule has 0 bridgehead atoms. The molecule has 1 saturated carbocycles. The van der Waals surface area contributed by atoms with Crippen LogP contribution in [0.4, 0.5) is 0 Å². The average Bonchev–Trinajstić information content (AvgIpc) is 2.92. The minimum atomic E-state index is -0.851. The largest absolute Gasteiger partial charge is 0.461 e. The number of allylic oxidation sites excluding steroid dienone is 1. The Morgan fingerprint density at radius 3 is 2.80 bits per heavy atom. The summed E-state index contributed by atoms with van der Waals surface area (Å²) in [6.45, 7) is 9.45. The minimum absolute atomic E-state index is 0.0547. The van der Waals surface area contributed by atoms with Gasteiger partial charge < -0.3 is 14.3 Å². The SMILES string of the molecule is C/C=C(/C)C(=O)O[C@@H]1C[C@H](O)[C@H]2C(=O)c3occ(C)c3C[C@]2(C)[C@H]1C. The van der Waals surface area contributed by atoms with Crippen LogP contribution < -0.4 is 0 Å². The third-order valence-electron chi connectivity index (χ3n) is 6.35. The molecule has 3 rings (SSSR count). The first-order valence-electron chi connectivity index (χ1n) is 8.83. The summed E-state index contributed by atoms with van der Waals surface area (Å²) in [5.41, 5.74) is 1.93. The number of esters is 1. The van der Waals surface area contributed by atoms with Crippen LogP contribution >= 0.6 is 0 Å². The van der Waals surface area contributed by atoms with Crippen molar-refractivity contribution >= 4 is 11.8 Å². The number of ether oxygens (including phenoxy) is 1. The standard InChI is InChI=1S/C20H26O5/c1-6-10(2)19(23)25-15-7-14(21)16-17(22)18-13(11(3)9-24-18)8-20(16,5)12(15)4/h6,9,12,14-16,21H,7-8H2,1-5H3/b10-6-/t12-,14-,15+,16-,20+/m0/s1. The number of carbonyl (C=O) groups excluding carboxylic acids is 2. The molecule has 0 amide bonds. The van der Waals surface area contributed by atoms with Gasteiger partial charge in [-0.25, -0.2) is 4.79 Å². The van der Waals surface area contributed by atoms with E-state index in [-0.39, 0.29) is 24.1 Å². The van der Waals surface area contributed by atoms with Gasteiger partial charge >= 0.3 is 5.97 Å². The lowest BCUT2D eigenvalue weighted by atomic mass is 9.53. The molecule has 1 fully saturated rings. The van der Waals surface area contributed by atoms with Crippen LogP contribution in [0, 0.1) is 24.2 Å². The first kappa shape index (κ1) is 17.9. The van der Waals surface area contributed by atoms with E-state index in [9.17, 15) is 14.7 Å². The zero-order valence-electron chi connectivity index (χ0n) is 15.5. The number of aliphatic hydroxyl groups excluding tert-OH is 1. The highest BCUT2D eigenvalue weighted by Gasteiger charge is 2.58. The van der Waals surface area contributed by atoms with Gasteiger partial charge in [-0.3, -0.25) is 4.79 Å². The molecule has 1 aromatic heterocycles. The van der Waals surface area contributed by atoms with Crippen molar-refractivity contribution in [2.75, 3.05) is 0 Å². The highest BCUT2D eigenvalue weighted by atomic mass is 16.5. The van der Waals surface area contributed by atoms with Gasteiger partial charge in [0.05, 0.1) is 18.3 Å². The molecule has 2 aliphatic carbocycles. The molecule has 0 aliphatic heterocycles. The monoisotopic (exact) mass is 346 g/mol. The van der Waals surface area contributed by atoms with Crippen molar-refractivity contribution in [1.82, 2.24) is 0 Å². The van der Waals surface area contributed by atoms with Crippen molar-refractivity contribution in [2.24, 2.45) is 17.3 Å². The van der Waals surface area contributed by atoms with Crippen molar-refractivity contribution in [1.29, 1.82) is 0 Å². The third-order valence-corrected chi connectivity index (χ3v) is 6.35. The quantitative estimate of drug-likeness (QED) is 0.657. The molecule has 0 unspecified atom stereocenters. The second-order valence-electron chi connectivity index (χ2n) is 7.76. The summed E-state index contributed by atoms with van der Waals surface area (Å²) >= 11 is 0. The van der Waals surface area contributed by atoms with E-state index >= 15 is 0 Å². The fraction of sp³-hybridized carbons (Fsp3) is 0.600. The van der Waals surface area contributed by atoms with Crippen LogP contribution in [0.1, 0.15) is 55.8 Å². The summed E-state index contributed by atoms with van der Waals surface area (Å²) in [5.74, 6) is -0.702. The fourth-order valence-electron chi connectivity index (χ4n) is 4.39. The van der Waals surface area contributed by atoms with E-state index in [2.05, 4.69) is 0 Å². The van der Waals surface area contributed by atoms with Gasteiger partial charge in [-0.1, -0.05) is 19.9 Å². The Morgan fingerprint density at radius 1 is 1.48 bits per heavy atom. The average molecular weight is 346 g/mol. The summed E-state index contributed by atoms with van der Waals surface area (Å²) < 4.78 is 11.1. The van der Waals surface area contributed by atoms with Crippen molar-refractivity contribution < 1.29 is 23.8 Å². The van der Waals surface area contributed by atoms with Gasteiger partial charge in [0.2, 0.25) is 5.78 Å². The molecule has 136 valence electrons. The number of aliphatic hydroxyl groups is 1. The number of aryl methyl sites for hydroxylation is 1. The molecule has 5 heteroatoms. The van der Waals surface area contributed by atoms with Crippen LogP contribution in [0.5, 0.6) is 0 Å². The van der Waals surface area contributed by atoms with Gasteiger partial charge in [0.15, 0.2) is 5.76 Å². The Hall–Kier alpha value is -1.88. The molecule has 1 heterocycles. The third kappa shape index (κ3) is 2.65. The predicted molar refractivity (Wildman–Crippen MR) is 92.2 cm³/mol. The van der Waals surface area contributed by atoms with Crippen molar-refractivity contribution in [3.05, 3.63) is 34.8 Å². The Morgan fingerprint density at radius 2 is 2.16 bits per heavy atom. The van der Waals surface area contributed by atoms with Crippen LogP contribution in [0.3, 0.4) is 0 Å². The van der Waals surface area contributed by atoms with E-state index in [0.29, 0.717) is 17.8 Å². The maximum atomic E-state index is 12.9. The van der Waals surface area contributed by atoms with Gasteiger partial charge in [0.1, 0.15) is 6.10 Å². The molecular formula is C20H26O5. The van der Waals surface area contributed by atoms with Crippen molar-refractivity contribution in [2.45, 2.75) is 59.7 Å². The van der Waals surface area contributed by atoms with Crippen LogP contribution in [0.2, 0.25) is 0 Å². The predicted octanol–water partition coefficient (Wildman–Crippen LogP) is 3.23. The number of carbonyl (C=O) groups is 2. The van der Waals surface area contributed by atoms with Gasteiger partial charge in [0, 0.05) is 17.6 Å². The summed E-state index contributed by atoms with van der Waals surface area (Å²) in [6.07, 6.45) is 2.95. The van der Waals surface area contributed by atoms with Crippen LogP contribution in [0.15, 0.2) is 22.3 Å². The van der Waals surface area contributed by atoms with Crippen molar-refractivity contribution in [3.8, 4) is 0 Å². The topological polar surface area (TPSA) is 76.7 Å². The lowest BCUT2D eigenvalue weighted by molar-refractivity contribution is -0.163. The first-order chi connectivity index (χ1) is 11.7. The number of furan rings is 1. The molecule has 0 spiro atoms. The Balaban J connectivity index is 1.95. The Bertz CT molecular complexity index is 743. The van der Waals surface area contributed by atoms with Gasteiger partial charge in [0.25, 0.3) is 0 Å². The van der Waals surface area contributed by atoms with E-state index in [4.69, 9.17) is 9.15 Å². The van der Waals surface area contributed by atoms with Crippen LogP contribution in [0.25, 0.3) is 0 Å². The molecule has 2 aliphatic rings. The fourth-order valence-corrected chi connectivity index (χ4v) is 4.39. The lowest BCUT2D eigenvalue weighted by Gasteiger charge is -2.52. The number of fused-ring (bicyclic) bond motifs is 2. The highest BCUT2D eigenvalue weighted by Crippen LogP contribution is 2.53. The summed E-state index contributed by atoms with van der Waals surface area (Å²) in [5, 5.41) is 10.7. The Labute approximate surface area is 148 Å². The molecule has 1 aromatic rings. The summed E-state index contributed by atoms with van der Waals surface area (Å²) in [7, 11) is 0. The second-order valence-corrected chi connectivity index (χ2v) is 7.76. The number of ketones is 1. The van der Waals surface area contributed by atoms with E-state index in [1.807, 2.05) is 20.8 Å². The van der Waals surface area contributed by atoms with E-state index in [0.717, 1.165) is 11.1 Å². The van der Waals surface area contributed by atoms with E-state index in [1.54, 1.807) is 26.2 Å². The molecular weight excluding hydrogens is 320 g/mol. The van der Waals surface area contributed by atoms with Crippen LogP contribution in [-0.2, 0) is 16.0 Å². The number of Topliss-reactive ketones (excluding diaryl/α,β-unsaturated/α-hetero) is 1. The zero-order valence-corrected chi connectivity index (χ0v) is 15.5. The van der Waals surface area contributed by atoms with Gasteiger partial charge in [-0.2, -0.15) is 0 Å². The van der Waals surface area contributed by atoms with Crippen molar-refractivity contribution in [3.63, 3.8) is 0 Å². The first-order valence-corrected chi connectivity index (χ1v) is 8.83. The van der Waals surface area contributed by atoms with Crippen LogP contribution in [-0.4, -0.2) is 29.1 Å². The number of hydrogen-bond acceptors (Lipinski definition) is 5. The number of hydrogen-bond donors (Lipinski definition) is 1. The molecule has 5 atom stereocenters. The maximum Gasteiger partial charge on any atom is 0.333 e. The second kappa shape index (κ2) is 6.13. The molecule has 25 heavy (non-hydrogen) atoms. The van der Waals surface area contributed by atoms with E-state index in [1.165, 1.54) is 0 Å². The van der Waals surface area contributed by atoms with Gasteiger partial charge in [-0.05, 0) is 44.1 Å². The smallest absolute Gasteiger partial charge is 0.333 e. The van der Waals surface area contributed by atoms with Gasteiger partial charge in [-0.15, -0.1) is 0 Å². The summed E-state index contributed by atoms with van der Waals surface area (Å²) in [4.78, 5) is 25.1. The molecule has 0 saturated heterocycles. The molecule has 5 nitrogen and oxygen atoms in total. The molecule has 0 radical (unpaired) electrons. The highest BCUT2D eigenvalue weighted by molar-refractivity contribution is 5.99. The lowest BCUT2D eigenvalue weighted by Crippen LogP contribution is -2.58. The Kier molecular flexibility index (Phi) is 4.40. The summed E-state index contributed by atoms with van der Waals surface area (Å²) in [6, 6.07) is 0. The maximum absolute atomic E-state index is 12.9. The normalized spacial score (nSPS) is 35.1. The minimum Gasteiger partial charge on any atom is -0.461 e. The molecule has 1 N–H and O–H groups in total. The number of rotatable bonds is 2.